The monoisotopic (exact) mass is 659 g/mol. The van der Waals surface area contributed by atoms with Gasteiger partial charge in [-0.25, -0.2) is 0 Å². The van der Waals surface area contributed by atoms with Crippen LogP contribution in [-0.2, 0) is 4.74 Å². The normalized spacial score (nSPS) is 17.3. The van der Waals surface area contributed by atoms with Crippen LogP contribution in [0.2, 0.25) is 0 Å². The van der Waals surface area contributed by atoms with Crippen LogP contribution < -0.4 is 9.47 Å². The molecule has 0 amide bonds. The molecule has 47 heavy (non-hydrogen) atoms. The van der Waals surface area contributed by atoms with E-state index in [0.29, 0.717) is 13.2 Å². The topological polar surface area (TPSA) is 34.2 Å². The van der Waals surface area contributed by atoms with Gasteiger partial charge in [-0.2, -0.15) is 0 Å². The molecule has 2 aliphatic heterocycles. The van der Waals surface area contributed by atoms with E-state index in [4.69, 9.17) is 14.2 Å². The average molecular weight is 659 g/mol. The van der Waals surface area contributed by atoms with Crippen LogP contribution in [0.1, 0.15) is 182 Å². The van der Waals surface area contributed by atoms with Crippen molar-refractivity contribution in [3.63, 3.8) is 0 Å². The molecule has 3 rings (SSSR count). The molecule has 2 bridgehead atoms. The largest absolute Gasteiger partial charge is 0.475 e. The number of nitrogens with zero attached hydrogens (tertiary/aromatic N) is 2. The van der Waals surface area contributed by atoms with Crippen LogP contribution in [0.4, 0.5) is 0 Å². The summed E-state index contributed by atoms with van der Waals surface area (Å²) in [4.78, 5) is 5.02. The highest BCUT2D eigenvalue weighted by Crippen LogP contribution is 2.24. The second kappa shape index (κ2) is 29.6. The number of unbranched alkanes of at least 4 members (excludes halogenated alkanes) is 20. The number of rotatable bonds is 28. The highest BCUT2D eigenvalue weighted by Gasteiger charge is 2.22. The van der Waals surface area contributed by atoms with Gasteiger partial charge < -0.3 is 14.2 Å². The van der Waals surface area contributed by atoms with Crippen LogP contribution in [0, 0.1) is 0 Å². The minimum absolute atomic E-state index is 0.0413. The Morgan fingerprint density at radius 3 is 1.04 bits per heavy atom. The van der Waals surface area contributed by atoms with Crippen LogP contribution in [0.5, 0.6) is 11.5 Å². The lowest BCUT2D eigenvalue weighted by atomic mass is 10.1. The Hall–Kier alpha value is -1.30. The van der Waals surface area contributed by atoms with Crippen LogP contribution in [0.25, 0.3) is 0 Å². The van der Waals surface area contributed by atoms with Gasteiger partial charge in [-0.1, -0.05) is 156 Å². The summed E-state index contributed by atoms with van der Waals surface area (Å²) in [7, 11) is 0. The summed E-state index contributed by atoms with van der Waals surface area (Å²) in [5.74, 6) is 1.84. The Morgan fingerprint density at radius 2 is 0.745 bits per heavy atom. The quantitative estimate of drug-likeness (QED) is 0.0837. The first-order chi connectivity index (χ1) is 23.2. The van der Waals surface area contributed by atoms with Crippen molar-refractivity contribution in [2.45, 2.75) is 194 Å². The Morgan fingerprint density at radius 1 is 0.447 bits per heavy atom. The van der Waals surface area contributed by atoms with Gasteiger partial charge in [-0.15, -0.1) is 0 Å². The maximum atomic E-state index is 6.58. The van der Waals surface area contributed by atoms with Gasteiger partial charge in [0.25, 0.3) is 0 Å². The van der Waals surface area contributed by atoms with Crippen LogP contribution in [0.3, 0.4) is 0 Å². The predicted octanol–water partition coefficient (Wildman–Crippen LogP) is 12.2. The van der Waals surface area contributed by atoms with Gasteiger partial charge in [0.05, 0.1) is 13.2 Å². The molecule has 1 aromatic carbocycles. The van der Waals surface area contributed by atoms with Gasteiger partial charge in [0, 0.05) is 25.9 Å². The number of ether oxygens (including phenoxy) is 3. The van der Waals surface area contributed by atoms with E-state index < -0.39 is 0 Å². The molecular formula is C42H78N2O3. The van der Waals surface area contributed by atoms with E-state index in [9.17, 15) is 0 Å². The second-order valence-electron chi connectivity index (χ2n) is 14.1. The van der Waals surface area contributed by atoms with E-state index in [1.807, 2.05) is 0 Å². The molecule has 0 fully saturated rings. The third-order valence-corrected chi connectivity index (χ3v) is 10.1. The molecule has 2 atom stereocenters. The SMILES string of the molecule is CCCCCCCCCCCCCN(CC)C1CCOCCC(N(CC)CCCCCCCCCCCCC)Oc2ccc(cc2)O1. The lowest BCUT2D eigenvalue weighted by Gasteiger charge is -2.31. The van der Waals surface area contributed by atoms with Crippen molar-refractivity contribution in [3.05, 3.63) is 24.3 Å². The fraction of sp³-hybridized carbons (Fsp3) is 0.857. The van der Waals surface area contributed by atoms with E-state index in [-0.39, 0.29) is 12.5 Å². The van der Waals surface area contributed by atoms with E-state index in [0.717, 1.165) is 50.5 Å². The average Bonchev–Trinajstić information content (AvgIpc) is 3.12. The molecule has 0 aromatic heterocycles. The van der Waals surface area contributed by atoms with Crippen LogP contribution in [-0.4, -0.2) is 61.6 Å². The van der Waals surface area contributed by atoms with Crippen molar-refractivity contribution in [3.8, 4) is 11.5 Å². The Balaban J connectivity index is 1.73. The fourth-order valence-corrected chi connectivity index (χ4v) is 6.98. The number of fused-ring (bicyclic) bond motifs is 10. The first kappa shape index (κ1) is 41.9. The van der Waals surface area contributed by atoms with E-state index in [1.54, 1.807) is 0 Å². The third-order valence-electron chi connectivity index (χ3n) is 10.1. The number of hydrogen-bond donors (Lipinski definition) is 0. The van der Waals surface area contributed by atoms with E-state index >= 15 is 0 Å². The summed E-state index contributed by atoms with van der Waals surface area (Å²) in [6.45, 7) is 14.7. The predicted molar refractivity (Wildman–Crippen MR) is 203 cm³/mol. The molecule has 2 unspecified atom stereocenters. The summed E-state index contributed by atoms with van der Waals surface area (Å²) < 4.78 is 19.4. The molecule has 5 nitrogen and oxygen atoms in total. The first-order valence-corrected chi connectivity index (χ1v) is 20.7. The molecule has 0 aliphatic carbocycles. The van der Waals surface area contributed by atoms with E-state index in [2.05, 4.69) is 61.8 Å². The minimum Gasteiger partial charge on any atom is -0.475 e. The zero-order chi connectivity index (χ0) is 33.6. The molecular weight excluding hydrogens is 580 g/mol. The number of hydrogen-bond acceptors (Lipinski definition) is 5. The van der Waals surface area contributed by atoms with Crippen molar-refractivity contribution in [2.24, 2.45) is 0 Å². The molecule has 2 heterocycles. The van der Waals surface area contributed by atoms with Crippen molar-refractivity contribution in [1.29, 1.82) is 0 Å². The Labute approximate surface area is 292 Å². The summed E-state index contributed by atoms with van der Waals surface area (Å²) in [5.41, 5.74) is 0. The van der Waals surface area contributed by atoms with Gasteiger partial charge in [0.15, 0.2) is 12.5 Å². The van der Waals surface area contributed by atoms with Crippen LogP contribution >= 0.6 is 0 Å². The molecule has 1 aromatic rings. The van der Waals surface area contributed by atoms with Gasteiger partial charge >= 0.3 is 0 Å². The second-order valence-corrected chi connectivity index (χ2v) is 14.1. The maximum Gasteiger partial charge on any atom is 0.154 e. The van der Waals surface area contributed by atoms with Crippen molar-refractivity contribution in [1.82, 2.24) is 9.80 Å². The molecule has 274 valence electrons. The zero-order valence-electron chi connectivity index (χ0n) is 31.8. The van der Waals surface area contributed by atoms with Gasteiger partial charge in [-0.3, -0.25) is 9.80 Å². The maximum absolute atomic E-state index is 6.58. The van der Waals surface area contributed by atoms with Crippen molar-refractivity contribution < 1.29 is 14.2 Å². The Kier molecular flexibility index (Phi) is 26.4. The fourth-order valence-electron chi connectivity index (χ4n) is 6.98. The molecule has 0 radical (unpaired) electrons. The summed E-state index contributed by atoms with van der Waals surface area (Å²) >= 11 is 0. The standard InChI is InChI=1S/C42H78N2O3/c1-5-9-11-13-15-17-19-21-23-25-27-35-43(7-3)41-33-37-45-38-34-42(47-40-31-29-39(46-41)30-32-40)44(8-4)36-28-26-24-22-20-18-16-14-12-10-6-2/h29-32,41-42H,5-28,33-38H2,1-4H3. The van der Waals surface area contributed by atoms with Gasteiger partial charge in [0.2, 0.25) is 0 Å². The molecule has 0 saturated carbocycles. The highest BCUT2D eigenvalue weighted by atomic mass is 16.5. The minimum atomic E-state index is 0.0413. The third kappa shape index (κ3) is 20.7. The Bertz CT molecular complexity index is 739. The first-order valence-electron chi connectivity index (χ1n) is 20.7. The summed E-state index contributed by atoms with van der Waals surface area (Å²) in [6.07, 6.45) is 32.1. The zero-order valence-corrected chi connectivity index (χ0v) is 31.8. The molecule has 5 heteroatoms. The molecule has 0 N–H and O–H groups in total. The molecule has 0 saturated heterocycles. The van der Waals surface area contributed by atoms with Gasteiger partial charge in [0.1, 0.15) is 11.5 Å². The van der Waals surface area contributed by atoms with Crippen molar-refractivity contribution in [2.75, 3.05) is 39.4 Å². The lowest BCUT2D eigenvalue weighted by Crippen LogP contribution is -2.41. The van der Waals surface area contributed by atoms with Gasteiger partial charge in [-0.05, 0) is 50.2 Å². The summed E-state index contributed by atoms with van der Waals surface area (Å²) in [5, 5.41) is 0. The smallest absolute Gasteiger partial charge is 0.154 e. The number of benzene rings is 1. The van der Waals surface area contributed by atoms with Crippen LogP contribution in [0.15, 0.2) is 24.3 Å². The highest BCUT2D eigenvalue weighted by molar-refractivity contribution is 5.31. The molecule has 2 aliphatic rings. The lowest BCUT2D eigenvalue weighted by molar-refractivity contribution is -0.0203. The summed E-state index contributed by atoms with van der Waals surface area (Å²) in [6, 6.07) is 8.37. The van der Waals surface area contributed by atoms with Crippen molar-refractivity contribution >= 4 is 0 Å². The molecule has 0 spiro atoms. The van der Waals surface area contributed by atoms with E-state index in [1.165, 1.54) is 141 Å².